The van der Waals surface area contributed by atoms with Crippen LogP contribution in [0.15, 0.2) is 6.20 Å². The van der Waals surface area contributed by atoms with Gasteiger partial charge in [0.25, 0.3) is 5.91 Å². The summed E-state index contributed by atoms with van der Waals surface area (Å²) in [5.74, 6) is -0.0643. The molecule has 1 aromatic heterocycles. The monoisotopic (exact) mass is 156 g/mol. The van der Waals surface area contributed by atoms with Crippen LogP contribution in [-0.4, -0.2) is 17.9 Å². The van der Waals surface area contributed by atoms with Crippen molar-refractivity contribution in [3.63, 3.8) is 0 Å². The van der Waals surface area contributed by atoms with Crippen LogP contribution in [0.4, 0.5) is 0 Å². The summed E-state index contributed by atoms with van der Waals surface area (Å²) >= 11 is 1.40. The summed E-state index contributed by atoms with van der Waals surface area (Å²) in [4.78, 5) is 15.5. The molecule has 0 atom stereocenters. The third-order valence-electron chi connectivity index (χ3n) is 1.07. The van der Waals surface area contributed by atoms with Crippen LogP contribution >= 0.6 is 11.3 Å². The first-order chi connectivity index (χ1) is 4.74. The first-order valence-electron chi connectivity index (χ1n) is 2.88. The van der Waals surface area contributed by atoms with Crippen molar-refractivity contribution < 1.29 is 4.79 Å². The van der Waals surface area contributed by atoms with E-state index in [0.29, 0.717) is 4.88 Å². The van der Waals surface area contributed by atoms with E-state index >= 15 is 0 Å². The van der Waals surface area contributed by atoms with Gasteiger partial charge in [0.05, 0.1) is 11.2 Å². The number of nitrogens with one attached hydrogen (secondary N) is 1. The molecule has 1 N–H and O–H groups in total. The number of rotatable bonds is 1. The first kappa shape index (κ1) is 7.21. The molecule has 0 aliphatic rings. The molecule has 4 heteroatoms. The van der Waals surface area contributed by atoms with Crippen molar-refractivity contribution in [3.05, 3.63) is 16.1 Å². The zero-order chi connectivity index (χ0) is 7.56. The molecule has 10 heavy (non-hydrogen) atoms. The summed E-state index contributed by atoms with van der Waals surface area (Å²) in [5.41, 5.74) is 0. The van der Waals surface area contributed by atoms with Gasteiger partial charge in [-0.1, -0.05) is 0 Å². The molecular weight excluding hydrogens is 148 g/mol. The number of hydrogen-bond acceptors (Lipinski definition) is 3. The molecule has 1 amide bonds. The van der Waals surface area contributed by atoms with E-state index in [1.807, 2.05) is 6.92 Å². The molecular formula is C6H8N2OS. The lowest BCUT2D eigenvalue weighted by Crippen LogP contribution is -2.16. The standard InChI is InChI=1S/C6H8N2OS/c1-4-8-3-5(10-4)6(9)7-2/h3H,1-2H3,(H,7,9). The van der Waals surface area contributed by atoms with Gasteiger partial charge in [0.1, 0.15) is 4.88 Å². The van der Waals surface area contributed by atoms with E-state index in [0.717, 1.165) is 5.01 Å². The topological polar surface area (TPSA) is 42.0 Å². The minimum atomic E-state index is -0.0643. The Morgan fingerprint density at radius 3 is 2.90 bits per heavy atom. The van der Waals surface area contributed by atoms with E-state index in [4.69, 9.17) is 0 Å². The fourth-order valence-corrected chi connectivity index (χ4v) is 1.31. The molecule has 54 valence electrons. The Kier molecular flexibility index (Phi) is 2.01. The third-order valence-corrected chi connectivity index (χ3v) is 1.98. The first-order valence-corrected chi connectivity index (χ1v) is 3.70. The van der Waals surface area contributed by atoms with Gasteiger partial charge in [-0.25, -0.2) is 4.98 Å². The number of hydrogen-bond donors (Lipinski definition) is 1. The van der Waals surface area contributed by atoms with Crippen LogP contribution in [-0.2, 0) is 0 Å². The molecule has 0 unspecified atom stereocenters. The van der Waals surface area contributed by atoms with Gasteiger partial charge >= 0.3 is 0 Å². The average Bonchev–Trinajstić information content (AvgIpc) is 2.34. The second-order valence-corrected chi connectivity index (χ2v) is 3.06. The molecule has 0 saturated carbocycles. The Hall–Kier alpha value is -0.900. The quantitative estimate of drug-likeness (QED) is 0.653. The summed E-state index contributed by atoms with van der Waals surface area (Å²) in [7, 11) is 1.61. The maximum absolute atomic E-state index is 10.9. The molecule has 1 heterocycles. The summed E-state index contributed by atoms with van der Waals surface area (Å²) in [6, 6.07) is 0. The average molecular weight is 156 g/mol. The number of thiazole rings is 1. The summed E-state index contributed by atoms with van der Waals surface area (Å²) in [6.07, 6.45) is 1.58. The van der Waals surface area contributed by atoms with Crippen molar-refractivity contribution in [2.75, 3.05) is 7.05 Å². The molecule has 0 fully saturated rings. The van der Waals surface area contributed by atoms with Crippen molar-refractivity contribution in [1.29, 1.82) is 0 Å². The van der Waals surface area contributed by atoms with Crippen molar-refractivity contribution in [2.45, 2.75) is 6.92 Å². The Bertz CT molecular complexity index is 244. The van der Waals surface area contributed by atoms with E-state index in [1.165, 1.54) is 11.3 Å². The zero-order valence-electron chi connectivity index (χ0n) is 5.84. The number of carbonyl (C=O) groups is 1. The molecule has 0 aromatic carbocycles. The van der Waals surface area contributed by atoms with E-state index < -0.39 is 0 Å². The Balaban J connectivity index is 2.85. The number of aryl methyl sites for hydroxylation is 1. The minimum Gasteiger partial charge on any atom is -0.354 e. The maximum atomic E-state index is 10.9. The highest BCUT2D eigenvalue weighted by Gasteiger charge is 2.04. The highest BCUT2D eigenvalue weighted by molar-refractivity contribution is 7.13. The molecule has 0 aliphatic heterocycles. The van der Waals surface area contributed by atoms with Gasteiger partial charge in [-0.15, -0.1) is 11.3 Å². The fraction of sp³-hybridized carbons (Fsp3) is 0.333. The third kappa shape index (κ3) is 1.33. The van der Waals surface area contributed by atoms with Crippen LogP contribution < -0.4 is 5.32 Å². The SMILES string of the molecule is CNC(=O)c1cnc(C)s1. The van der Waals surface area contributed by atoms with Crippen molar-refractivity contribution in [1.82, 2.24) is 10.3 Å². The Morgan fingerprint density at radius 2 is 2.50 bits per heavy atom. The number of aromatic nitrogens is 1. The Morgan fingerprint density at radius 1 is 1.80 bits per heavy atom. The summed E-state index contributed by atoms with van der Waals surface area (Å²) < 4.78 is 0. The number of nitrogens with zero attached hydrogens (tertiary/aromatic N) is 1. The molecule has 0 saturated heterocycles. The van der Waals surface area contributed by atoms with Crippen molar-refractivity contribution in [3.8, 4) is 0 Å². The highest BCUT2D eigenvalue weighted by Crippen LogP contribution is 2.10. The highest BCUT2D eigenvalue weighted by atomic mass is 32.1. The van der Waals surface area contributed by atoms with Crippen LogP contribution in [0.3, 0.4) is 0 Å². The number of carbonyl (C=O) groups excluding carboxylic acids is 1. The van der Waals surface area contributed by atoms with Crippen LogP contribution in [0.2, 0.25) is 0 Å². The van der Waals surface area contributed by atoms with Gasteiger partial charge in [0, 0.05) is 7.05 Å². The van der Waals surface area contributed by atoms with Gasteiger partial charge in [-0.05, 0) is 6.92 Å². The van der Waals surface area contributed by atoms with Crippen LogP contribution in [0.1, 0.15) is 14.7 Å². The molecule has 3 nitrogen and oxygen atoms in total. The van der Waals surface area contributed by atoms with E-state index in [9.17, 15) is 4.79 Å². The fourth-order valence-electron chi connectivity index (χ4n) is 0.590. The van der Waals surface area contributed by atoms with Crippen LogP contribution in [0.5, 0.6) is 0 Å². The molecule has 0 spiro atoms. The summed E-state index contributed by atoms with van der Waals surface area (Å²) in [6.45, 7) is 1.87. The van der Waals surface area contributed by atoms with E-state index in [-0.39, 0.29) is 5.91 Å². The van der Waals surface area contributed by atoms with Gasteiger partial charge in [-0.3, -0.25) is 4.79 Å². The lowest BCUT2D eigenvalue weighted by atomic mass is 10.5. The van der Waals surface area contributed by atoms with Crippen LogP contribution in [0.25, 0.3) is 0 Å². The molecule has 1 rings (SSSR count). The van der Waals surface area contributed by atoms with Crippen molar-refractivity contribution in [2.24, 2.45) is 0 Å². The lowest BCUT2D eigenvalue weighted by molar-refractivity contribution is 0.0967. The van der Waals surface area contributed by atoms with Crippen molar-refractivity contribution >= 4 is 17.2 Å². The predicted molar refractivity (Wildman–Crippen MR) is 40.2 cm³/mol. The second kappa shape index (κ2) is 2.79. The molecule has 1 aromatic rings. The second-order valence-electron chi connectivity index (χ2n) is 1.82. The lowest BCUT2D eigenvalue weighted by Gasteiger charge is -1.89. The van der Waals surface area contributed by atoms with Crippen LogP contribution in [0, 0.1) is 6.92 Å². The zero-order valence-corrected chi connectivity index (χ0v) is 6.66. The smallest absolute Gasteiger partial charge is 0.262 e. The molecule has 0 aliphatic carbocycles. The number of amides is 1. The van der Waals surface area contributed by atoms with Gasteiger partial charge in [0.15, 0.2) is 0 Å². The van der Waals surface area contributed by atoms with Gasteiger partial charge in [-0.2, -0.15) is 0 Å². The normalized spacial score (nSPS) is 9.40. The largest absolute Gasteiger partial charge is 0.354 e. The molecule has 0 bridgehead atoms. The van der Waals surface area contributed by atoms with E-state index in [2.05, 4.69) is 10.3 Å². The predicted octanol–water partition coefficient (Wildman–Crippen LogP) is 0.811. The molecule has 0 radical (unpaired) electrons. The summed E-state index contributed by atoms with van der Waals surface area (Å²) in [5, 5.41) is 3.44. The van der Waals surface area contributed by atoms with Gasteiger partial charge in [0.2, 0.25) is 0 Å². The minimum absolute atomic E-state index is 0.0643. The Labute approximate surface area is 63.1 Å². The van der Waals surface area contributed by atoms with E-state index in [1.54, 1.807) is 13.2 Å². The maximum Gasteiger partial charge on any atom is 0.262 e. The van der Waals surface area contributed by atoms with Gasteiger partial charge < -0.3 is 5.32 Å².